The van der Waals surface area contributed by atoms with E-state index < -0.39 is 27.9 Å². The summed E-state index contributed by atoms with van der Waals surface area (Å²) in [6.45, 7) is 1.31. The van der Waals surface area contributed by atoms with Gasteiger partial charge in [0.15, 0.2) is 6.61 Å². The van der Waals surface area contributed by atoms with E-state index in [2.05, 4.69) is 11.1 Å². The highest BCUT2D eigenvalue weighted by atomic mass is 32.2. The maximum absolute atomic E-state index is 11.5. The maximum Gasteiger partial charge on any atom is 0.331 e. The zero-order chi connectivity index (χ0) is 11.5. The molecule has 0 bridgehead atoms. The lowest BCUT2D eigenvalue weighted by Crippen LogP contribution is -2.29. The summed E-state index contributed by atoms with van der Waals surface area (Å²) in [6, 6.07) is 0. The van der Waals surface area contributed by atoms with Gasteiger partial charge in [-0.05, 0) is 31.6 Å². The topological polar surface area (TPSA) is 80.7 Å². The fourth-order valence-electron chi connectivity index (χ4n) is 1.75. The van der Waals surface area contributed by atoms with Crippen molar-refractivity contribution in [3.05, 3.63) is 0 Å². The lowest BCUT2D eigenvalue weighted by atomic mass is 9.91. The average molecular weight is 236 g/mol. The van der Waals surface area contributed by atoms with Crippen molar-refractivity contribution in [2.45, 2.75) is 37.9 Å². The van der Waals surface area contributed by atoms with E-state index >= 15 is 0 Å². The molecule has 0 radical (unpaired) electrons. The summed E-state index contributed by atoms with van der Waals surface area (Å²) >= 11 is 0. The number of hydrogen-bond donors (Lipinski definition) is 1. The molecular weight excluding hydrogens is 220 g/mol. The SMILES string of the molecule is CC1CCC(S(=O)(=O)OCC(=O)O)CC1. The van der Waals surface area contributed by atoms with Crippen LogP contribution in [0.4, 0.5) is 0 Å². The minimum atomic E-state index is -3.68. The molecule has 0 amide bonds. The smallest absolute Gasteiger partial charge is 0.331 e. The summed E-state index contributed by atoms with van der Waals surface area (Å²) in [5, 5.41) is 7.81. The number of carboxylic acid groups (broad SMARTS) is 1. The molecule has 0 spiro atoms. The van der Waals surface area contributed by atoms with Crippen LogP contribution in [-0.4, -0.2) is 31.4 Å². The van der Waals surface area contributed by atoms with E-state index in [1.54, 1.807) is 0 Å². The van der Waals surface area contributed by atoms with E-state index in [0.29, 0.717) is 18.8 Å². The van der Waals surface area contributed by atoms with Crippen LogP contribution in [0, 0.1) is 5.92 Å². The summed E-state index contributed by atoms with van der Waals surface area (Å²) in [5.74, 6) is -0.710. The number of rotatable bonds is 4. The Kier molecular flexibility index (Phi) is 4.10. The molecule has 0 aromatic carbocycles. The number of aliphatic carboxylic acids is 1. The molecule has 88 valence electrons. The molecule has 1 rings (SSSR count). The molecule has 1 aliphatic carbocycles. The summed E-state index contributed by atoms with van der Waals surface area (Å²) in [5.41, 5.74) is 0. The van der Waals surface area contributed by atoms with Gasteiger partial charge in [-0.2, -0.15) is 8.42 Å². The number of hydrogen-bond acceptors (Lipinski definition) is 4. The van der Waals surface area contributed by atoms with Gasteiger partial charge in [0.05, 0.1) is 5.25 Å². The van der Waals surface area contributed by atoms with Crippen molar-refractivity contribution < 1.29 is 22.5 Å². The molecular formula is C9H16O5S. The predicted octanol–water partition coefficient (Wildman–Crippen LogP) is 0.996. The highest BCUT2D eigenvalue weighted by molar-refractivity contribution is 7.87. The van der Waals surface area contributed by atoms with Crippen LogP contribution in [0.3, 0.4) is 0 Å². The third kappa shape index (κ3) is 3.79. The second-order valence-electron chi connectivity index (χ2n) is 4.03. The molecule has 0 heterocycles. The average Bonchev–Trinajstić information content (AvgIpc) is 2.16. The van der Waals surface area contributed by atoms with Gasteiger partial charge in [0, 0.05) is 0 Å². The van der Waals surface area contributed by atoms with Gasteiger partial charge in [0.2, 0.25) is 0 Å². The van der Waals surface area contributed by atoms with Gasteiger partial charge in [0.1, 0.15) is 0 Å². The van der Waals surface area contributed by atoms with Gasteiger partial charge >= 0.3 is 5.97 Å². The van der Waals surface area contributed by atoms with Crippen molar-refractivity contribution in [1.29, 1.82) is 0 Å². The van der Waals surface area contributed by atoms with E-state index in [1.165, 1.54) is 0 Å². The van der Waals surface area contributed by atoms with Crippen molar-refractivity contribution in [3.63, 3.8) is 0 Å². The number of carboxylic acids is 1. The van der Waals surface area contributed by atoms with E-state index in [4.69, 9.17) is 5.11 Å². The lowest BCUT2D eigenvalue weighted by molar-refractivity contribution is -0.139. The Morgan fingerprint density at radius 1 is 1.33 bits per heavy atom. The summed E-state index contributed by atoms with van der Waals surface area (Å²) in [7, 11) is -3.68. The molecule has 1 saturated carbocycles. The van der Waals surface area contributed by atoms with Crippen molar-refractivity contribution >= 4 is 16.1 Å². The highest BCUT2D eigenvalue weighted by Gasteiger charge is 2.30. The van der Waals surface area contributed by atoms with Crippen LogP contribution in [0.15, 0.2) is 0 Å². The van der Waals surface area contributed by atoms with Crippen molar-refractivity contribution in [1.82, 2.24) is 0 Å². The second kappa shape index (κ2) is 4.94. The molecule has 0 aromatic rings. The van der Waals surface area contributed by atoms with E-state index in [-0.39, 0.29) is 0 Å². The third-order valence-corrected chi connectivity index (χ3v) is 4.45. The zero-order valence-corrected chi connectivity index (χ0v) is 9.50. The van der Waals surface area contributed by atoms with Gasteiger partial charge in [-0.3, -0.25) is 4.18 Å². The normalized spacial score (nSPS) is 27.5. The molecule has 1 aliphatic rings. The van der Waals surface area contributed by atoms with Crippen LogP contribution in [0.1, 0.15) is 32.6 Å². The fraction of sp³-hybridized carbons (Fsp3) is 0.889. The van der Waals surface area contributed by atoms with Crippen molar-refractivity contribution in [2.75, 3.05) is 6.61 Å². The van der Waals surface area contributed by atoms with Gasteiger partial charge in [-0.1, -0.05) is 6.92 Å². The Balaban J connectivity index is 2.50. The monoisotopic (exact) mass is 236 g/mol. The van der Waals surface area contributed by atoms with Gasteiger partial charge in [0.25, 0.3) is 10.1 Å². The first-order valence-electron chi connectivity index (χ1n) is 5.02. The van der Waals surface area contributed by atoms with Gasteiger partial charge < -0.3 is 5.11 Å². The molecule has 0 aromatic heterocycles. The first kappa shape index (κ1) is 12.4. The lowest BCUT2D eigenvalue weighted by Gasteiger charge is -2.25. The predicted molar refractivity (Wildman–Crippen MR) is 53.9 cm³/mol. The van der Waals surface area contributed by atoms with Crippen LogP contribution in [-0.2, 0) is 19.1 Å². The van der Waals surface area contributed by atoms with Crippen LogP contribution < -0.4 is 0 Å². The molecule has 0 aliphatic heterocycles. The maximum atomic E-state index is 11.5. The van der Waals surface area contributed by atoms with Gasteiger partial charge in [-0.25, -0.2) is 4.79 Å². The summed E-state index contributed by atoms with van der Waals surface area (Å²) in [6.07, 6.45) is 2.87. The third-order valence-electron chi connectivity index (χ3n) is 2.72. The van der Waals surface area contributed by atoms with Crippen LogP contribution >= 0.6 is 0 Å². The summed E-state index contributed by atoms with van der Waals surface area (Å²) in [4.78, 5) is 10.2. The molecule has 0 saturated heterocycles. The Hall–Kier alpha value is -0.620. The van der Waals surface area contributed by atoms with E-state index in [0.717, 1.165) is 12.8 Å². The number of carbonyl (C=O) groups is 1. The van der Waals surface area contributed by atoms with Gasteiger partial charge in [-0.15, -0.1) is 0 Å². The standard InChI is InChI=1S/C9H16O5S/c1-7-2-4-8(5-3-7)15(12,13)14-6-9(10)11/h7-8H,2-6H2,1H3,(H,10,11). The first-order valence-corrected chi connectivity index (χ1v) is 6.49. The first-order chi connectivity index (χ1) is 6.92. The fourth-order valence-corrected chi connectivity index (χ4v) is 3.05. The Labute approximate surface area is 89.6 Å². The minimum absolute atomic E-state index is 0.520. The molecule has 0 atom stereocenters. The van der Waals surface area contributed by atoms with Crippen molar-refractivity contribution in [2.24, 2.45) is 5.92 Å². The molecule has 6 heteroatoms. The molecule has 1 fully saturated rings. The second-order valence-corrected chi connectivity index (χ2v) is 5.92. The minimum Gasteiger partial charge on any atom is -0.479 e. The van der Waals surface area contributed by atoms with Crippen LogP contribution in [0.5, 0.6) is 0 Å². The quantitative estimate of drug-likeness (QED) is 0.736. The summed E-state index contributed by atoms with van der Waals surface area (Å²) < 4.78 is 27.5. The molecule has 0 unspecified atom stereocenters. The Morgan fingerprint density at radius 3 is 2.33 bits per heavy atom. The molecule has 15 heavy (non-hydrogen) atoms. The van der Waals surface area contributed by atoms with Crippen molar-refractivity contribution in [3.8, 4) is 0 Å². The highest BCUT2D eigenvalue weighted by Crippen LogP contribution is 2.28. The Morgan fingerprint density at radius 2 is 1.87 bits per heavy atom. The molecule has 5 nitrogen and oxygen atoms in total. The Bertz CT molecular complexity index is 313. The van der Waals surface area contributed by atoms with Crippen LogP contribution in [0.25, 0.3) is 0 Å². The van der Waals surface area contributed by atoms with E-state index in [9.17, 15) is 13.2 Å². The van der Waals surface area contributed by atoms with Crippen LogP contribution in [0.2, 0.25) is 0 Å². The largest absolute Gasteiger partial charge is 0.479 e. The zero-order valence-electron chi connectivity index (χ0n) is 8.68. The van der Waals surface area contributed by atoms with E-state index in [1.807, 2.05) is 0 Å². The molecule has 1 N–H and O–H groups in total.